The van der Waals surface area contributed by atoms with Crippen molar-refractivity contribution in [3.05, 3.63) is 48.6 Å². The molecule has 3 N–H and O–H groups in total. The molecule has 0 radical (unpaired) electrons. The summed E-state index contributed by atoms with van der Waals surface area (Å²) in [6.07, 6.45) is 15.0. The lowest BCUT2D eigenvalue weighted by Crippen LogP contribution is -2.63. The van der Waals surface area contributed by atoms with Crippen LogP contribution in [0.4, 0.5) is 0 Å². The lowest BCUT2D eigenvalue weighted by atomic mass is 9.76. The summed E-state index contributed by atoms with van der Waals surface area (Å²) in [7, 11) is 0. The molecule has 0 aromatic heterocycles. The first-order chi connectivity index (χ1) is 35.3. The van der Waals surface area contributed by atoms with E-state index in [0.717, 1.165) is 25.7 Å². The minimum Gasteiger partial charge on any atom is -0.390 e. The van der Waals surface area contributed by atoms with Crippen molar-refractivity contribution in [2.45, 2.75) is 270 Å². The molecule has 9 fully saturated rings. The molecule has 0 aliphatic carbocycles. The average molecular weight is 1020 g/mol. The van der Waals surface area contributed by atoms with Gasteiger partial charge in [0.2, 0.25) is 0 Å². The standard InChI is InChI=1S/C57H82O16/c1-28-22-39-41(25-45-51(70-39)30(3)49(59)55-52(71-45)29(2)31(4)57(73-55)19-11-21-62-57)67-43-27-48-56(5,72-44(43)23-28)47(58)26-42-35(68-48)13-7-6-12-32-33(65-42)15-10-16-34-36(63-32)17-18-37-40(64-34)24-46-54(69-37)50(60)53-38(66-46)14-8-9-20-61-53/h6-10,15,17-18,28-55,58-60H,11-14,16,19-27H2,1-5H3/t28-,29+,30+,31+,32-,33+,34-,35+,36+,37-,38+,39+,40+,41-,42-,43+,44-,45+,46-,47+,48-,49+,50-,51-,52-,53+,54-,55+,56+,57-/m1/s1. The molecule has 16 heteroatoms. The zero-order valence-electron chi connectivity index (χ0n) is 43.3. The van der Waals surface area contributed by atoms with E-state index in [1.165, 1.54) is 0 Å². The molecule has 0 aromatic rings. The van der Waals surface area contributed by atoms with Gasteiger partial charge in [0.05, 0.1) is 117 Å². The quantitative estimate of drug-likeness (QED) is 0.273. The van der Waals surface area contributed by atoms with E-state index in [-0.39, 0.29) is 115 Å². The van der Waals surface area contributed by atoms with Crippen LogP contribution >= 0.6 is 0 Å². The van der Waals surface area contributed by atoms with Gasteiger partial charge in [-0.1, -0.05) is 76.3 Å². The molecule has 0 saturated carbocycles. The van der Waals surface area contributed by atoms with Gasteiger partial charge in [-0.2, -0.15) is 0 Å². The van der Waals surface area contributed by atoms with E-state index in [9.17, 15) is 15.3 Å². The van der Waals surface area contributed by atoms with E-state index in [1.54, 1.807) is 0 Å². The maximum Gasteiger partial charge on any atom is 0.171 e. The van der Waals surface area contributed by atoms with Crippen molar-refractivity contribution in [2.75, 3.05) is 13.2 Å². The zero-order valence-corrected chi connectivity index (χ0v) is 43.3. The molecule has 13 rings (SSSR count). The second kappa shape index (κ2) is 20.2. The Labute approximate surface area is 430 Å². The molecule has 13 aliphatic heterocycles. The van der Waals surface area contributed by atoms with Gasteiger partial charge in [-0.3, -0.25) is 0 Å². The first-order valence-corrected chi connectivity index (χ1v) is 28.5. The van der Waals surface area contributed by atoms with E-state index < -0.39 is 66.3 Å². The third-order valence-electron chi connectivity index (χ3n) is 20.0. The maximum absolute atomic E-state index is 12.4. The summed E-state index contributed by atoms with van der Waals surface area (Å²) in [5.74, 6) is -0.458. The van der Waals surface area contributed by atoms with E-state index in [0.29, 0.717) is 64.6 Å². The summed E-state index contributed by atoms with van der Waals surface area (Å²) in [6, 6.07) is 0. The number of aliphatic hydroxyl groups is 3. The minimum atomic E-state index is -0.998. The van der Waals surface area contributed by atoms with Crippen molar-refractivity contribution >= 4 is 0 Å². The average Bonchev–Trinajstić information content (AvgIpc) is 3.55. The van der Waals surface area contributed by atoms with Crippen LogP contribution in [-0.2, 0) is 61.6 Å². The third-order valence-corrected chi connectivity index (χ3v) is 20.0. The fraction of sp³-hybridized carbons (Fsp3) is 0.860. The molecule has 13 heterocycles. The number of aliphatic hydroxyl groups excluding tert-OH is 3. The van der Waals surface area contributed by atoms with Crippen molar-refractivity contribution in [1.29, 1.82) is 0 Å². The van der Waals surface area contributed by atoms with E-state index >= 15 is 0 Å². The van der Waals surface area contributed by atoms with Gasteiger partial charge in [0.1, 0.15) is 48.3 Å². The topological polar surface area (TPSA) is 181 Å². The molecule has 406 valence electrons. The highest BCUT2D eigenvalue weighted by atomic mass is 16.7. The third kappa shape index (κ3) is 9.16. The fourth-order valence-electron chi connectivity index (χ4n) is 15.6. The first kappa shape index (κ1) is 50.8. The van der Waals surface area contributed by atoms with Gasteiger partial charge in [-0.15, -0.1) is 0 Å². The summed E-state index contributed by atoms with van der Waals surface area (Å²) >= 11 is 0. The molecular formula is C57H82O16. The van der Waals surface area contributed by atoms with Gasteiger partial charge < -0.3 is 76.9 Å². The van der Waals surface area contributed by atoms with Crippen molar-refractivity contribution in [1.82, 2.24) is 0 Å². The van der Waals surface area contributed by atoms with Crippen molar-refractivity contribution < 1.29 is 76.9 Å². The molecular weight excluding hydrogens is 941 g/mol. The smallest absolute Gasteiger partial charge is 0.171 e. The summed E-state index contributed by atoms with van der Waals surface area (Å²) in [6.45, 7) is 11.9. The van der Waals surface area contributed by atoms with Crippen LogP contribution in [0.5, 0.6) is 0 Å². The summed E-state index contributed by atoms with van der Waals surface area (Å²) in [5, 5.41) is 35.9. The van der Waals surface area contributed by atoms with E-state index in [4.69, 9.17) is 61.6 Å². The minimum absolute atomic E-state index is 0.103. The van der Waals surface area contributed by atoms with Gasteiger partial charge >= 0.3 is 0 Å². The summed E-state index contributed by atoms with van der Waals surface area (Å²) in [5.41, 5.74) is -0.998. The highest BCUT2D eigenvalue weighted by Crippen LogP contribution is 2.52. The molecule has 0 amide bonds. The Bertz CT molecular complexity index is 2080. The SMILES string of the molecule is C[C@@H]1C[C@@H]2O[C@@H]3[C@@H](C)[C@H](O)[C@@H]4O[C@]5(CCCO5)[C@@H](C)[C@H](C)[C@H]4O[C@H]3C[C@H]2O[C@H]2C[C@H]3O[C@H]4CC=CC[C@H]5O[C@H]6C=C[C@H]7O[C@H]8[C@H](O)[C@H]9OCC=CC[C@@H]9O[C@@H]8C[C@@H]7O[C@@H]6CC=C[C@@H]5O[C@@H]4C[C@H](O)[C@]3(C)O[C@@H]2C1. The van der Waals surface area contributed by atoms with Crippen molar-refractivity contribution in [3.63, 3.8) is 0 Å². The predicted molar refractivity (Wildman–Crippen MR) is 261 cm³/mol. The Kier molecular flexibility index (Phi) is 14.1. The molecule has 0 aromatic carbocycles. The van der Waals surface area contributed by atoms with Crippen LogP contribution in [0.25, 0.3) is 0 Å². The van der Waals surface area contributed by atoms with Crippen LogP contribution in [0.2, 0.25) is 0 Å². The number of ether oxygens (including phenoxy) is 13. The van der Waals surface area contributed by atoms with Crippen LogP contribution in [0.15, 0.2) is 48.6 Å². The lowest BCUT2D eigenvalue weighted by molar-refractivity contribution is -0.339. The van der Waals surface area contributed by atoms with Crippen LogP contribution in [0.1, 0.15) is 112 Å². The van der Waals surface area contributed by atoms with Gasteiger partial charge in [0.25, 0.3) is 0 Å². The highest BCUT2D eigenvalue weighted by Gasteiger charge is 2.62. The Morgan fingerprint density at radius 2 is 1.08 bits per heavy atom. The number of rotatable bonds is 0. The van der Waals surface area contributed by atoms with Gasteiger partial charge in [0, 0.05) is 43.9 Å². The molecule has 9 saturated heterocycles. The number of hydrogen-bond donors (Lipinski definition) is 3. The van der Waals surface area contributed by atoms with E-state index in [1.807, 2.05) is 19.1 Å². The molecule has 0 bridgehead atoms. The molecule has 16 nitrogen and oxygen atoms in total. The largest absolute Gasteiger partial charge is 0.390 e. The monoisotopic (exact) mass is 1020 g/mol. The second-order valence-electron chi connectivity index (χ2n) is 24.6. The molecule has 30 atom stereocenters. The highest BCUT2D eigenvalue weighted by molar-refractivity contribution is 5.14. The normalized spacial score (nSPS) is 57.6. The number of fused-ring (bicyclic) bond motifs is 11. The van der Waals surface area contributed by atoms with Crippen LogP contribution in [0, 0.1) is 23.7 Å². The first-order valence-electron chi connectivity index (χ1n) is 28.5. The lowest BCUT2D eigenvalue weighted by Gasteiger charge is -2.53. The summed E-state index contributed by atoms with van der Waals surface area (Å²) < 4.78 is 89.0. The predicted octanol–water partition coefficient (Wildman–Crippen LogP) is 5.11. The molecule has 13 aliphatic rings. The second-order valence-corrected chi connectivity index (χ2v) is 24.6. The Morgan fingerprint density at radius 1 is 0.452 bits per heavy atom. The Morgan fingerprint density at radius 3 is 1.92 bits per heavy atom. The van der Waals surface area contributed by atoms with Crippen LogP contribution in [0.3, 0.4) is 0 Å². The molecule has 1 spiro atoms. The molecule has 0 unspecified atom stereocenters. The Balaban J connectivity index is 0.695. The molecule has 73 heavy (non-hydrogen) atoms. The van der Waals surface area contributed by atoms with Gasteiger partial charge in [-0.05, 0) is 63.7 Å². The van der Waals surface area contributed by atoms with Crippen molar-refractivity contribution in [3.8, 4) is 0 Å². The zero-order chi connectivity index (χ0) is 49.9. The summed E-state index contributed by atoms with van der Waals surface area (Å²) in [4.78, 5) is 0. The Hall–Kier alpha value is -1.68. The fourth-order valence-corrected chi connectivity index (χ4v) is 15.6. The van der Waals surface area contributed by atoms with Crippen LogP contribution in [-0.4, -0.2) is 186 Å². The van der Waals surface area contributed by atoms with Crippen molar-refractivity contribution in [2.24, 2.45) is 23.7 Å². The maximum atomic E-state index is 12.4. The van der Waals surface area contributed by atoms with Crippen LogP contribution < -0.4 is 0 Å². The number of hydrogen-bond acceptors (Lipinski definition) is 16. The van der Waals surface area contributed by atoms with Gasteiger partial charge in [0.15, 0.2) is 5.79 Å². The van der Waals surface area contributed by atoms with E-state index in [2.05, 4.69) is 64.2 Å². The van der Waals surface area contributed by atoms with Gasteiger partial charge in [-0.25, -0.2) is 0 Å².